The zero-order valence-corrected chi connectivity index (χ0v) is 10.3. The van der Waals surface area contributed by atoms with E-state index in [1.165, 1.54) is 12.1 Å². The first-order valence-electron chi connectivity index (χ1n) is 5.28. The summed E-state index contributed by atoms with van der Waals surface area (Å²) in [6, 6.07) is 8.11. The third-order valence-corrected chi connectivity index (χ3v) is 2.55. The fourth-order valence-electron chi connectivity index (χ4n) is 1.44. The summed E-state index contributed by atoms with van der Waals surface area (Å²) in [5.41, 5.74) is 6.51. The molecule has 0 aliphatic rings. The summed E-state index contributed by atoms with van der Waals surface area (Å²) in [6.07, 6.45) is 3.37. The van der Waals surface area contributed by atoms with E-state index in [9.17, 15) is 4.39 Å². The Balaban J connectivity index is 2.07. The van der Waals surface area contributed by atoms with Crippen molar-refractivity contribution >= 4 is 17.2 Å². The lowest BCUT2D eigenvalue weighted by Gasteiger charge is -2.07. The van der Waals surface area contributed by atoms with Gasteiger partial charge in [0.1, 0.15) is 23.2 Å². The lowest BCUT2D eigenvalue weighted by Crippen LogP contribution is -2.11. The summed E-state index contributed by atoms with van der Waals surface area (Å²) in [5, 5.41) is 0. The summed E-state index contributed by atoms with van der Waals surface area (Å²) in [6.45, 7) is 0.333. The molecule has 0 spiro atoms. The van der Waals surface area contributed by atoms with E-state index < -0.39 is 5.82 Å². The zero-order chi connectivity index (χ0) is 13.0. The van der Waals surface area contributed by atoms with E-state index in [0.717, 1.165) is 5.56 Å². The molecule has 92 valence electrons. The van der Waals surface area contributed by atoms with Gasteiger partial charge < -0.3 is 10.5 Å². The number of nitrogens with two attached hydrogens (primary N) is 1. The molecule has 0 aliphatic heterocycles. The molecule has 0 aliphatic carbocycles. The van der Waals surface area contributed by atoms with Crippen molar-refractivity contribution in [3.8, 4) is 5.75 Å². The second kappa shape index (κ2) is 5.55. The van der Waals surface area contributed by atoms with Crippen LogP contribution in [0, 0.1) is 5.82 Å². The first-order valence-corrected chi connectivity index (χ1v) is 5.68. The minimum absolute atomic E-state index is 0.0336. The highest BCUT2D eigenvalue weighted by atomic mass is 32.1. The highest BCUT2D eigenvalue weighted by Gasteiger charge is 2.06. The van der Waals surface area contributed by atoms with Gasteiger partial charge in [-0.05, 0) is 18.2 Å². The van der Waals surface area contributed by atoms with Gasteiger partial charge in [-0.25, -0.2) is 4.39 Å². The second-order valence-electron chi connectivity index (χ2n) is 3.66. The number of hydrogen-bond donors (Lipinski definition) is 1. The quantitative estimate of drug-likeness (QED) is 0.860. The van der Waals surface area contributed by atoms with Gasteiger partial charge in [-0.2, -0.15) is 0 Å². The summed E-state index contributed by atoms with van der Waals surface area (Å²) in [5.74, 6) is -0.0532. The molecule has 0 radical (unpaired) electrons. The molecular weight excluding hydrogens is 251 g/mol. The topological polar surface area (TPSA) is 48.1 Å². The van der Waals surface area contributed by atoms with Crippen LogP contribution in [0.15, 0.2) is 42.7 Å². The normalized spacial score (nSPS) is 10.1. The molecule has 0 bridgehead atoms. The van der Waals surface area contributed by atoms with Gasteiger partial charge in [0, 0.05) is 29.6 Å². The van der Waals surface area contributed by atoms with Crippen LogP contribution in [0.25, 0.3) is 0 Å². The molecule has 1 aromatic heterocycles. The summed E-state index contributed by atoms with van der Waals surface area (Å²) < 4.78 is 19.0. The van der Waals surface area contributed by atoms with Gasteiger partial charge in [-0.1, -0.05) is 18.3 Å². The third kappa shape index (κ3) is 3.01. The van der Waals surface area contributed by atoms with E-state index >= 15 is 0 Å². The van der Waals surface area contributed by atoms with Gasteiger partial charge in [0.2, 0.25) is 0 Å². The maximum Gasteiger partial charge on any atom is 0.137 e. The van der Waals surface area contributed by atoms with Crippen LogP contribution in [0.5, 0.6) is 5.75 Å². The van der Waals surface area contributed by atoms with Crippen molar-refractivity contribution in [1.82, 2.24) is 4.98 Å². The first-order chi connectivity index (χ1) is 8.66. The third-order valence-electron chi connectivity index (χ3n) is 2.33. The van der Waals surface area contributed by atoms with Crippen LogP contribution < -0.4 is 10.5 Å². The van der Waals surface area contributed by atoms with Crippen molar-refractivity contribution in [1.29, 1.82) is 0 Å². The smallest absolute Gasteiger partial charge is 0.137 e. The predicted molar refractivity (Wildman–Crippen MR) is 70.9 cm³/mol. The molecular formula is C13H11FN2OS. The number of halogens is 1. The lowest BCUT2D eigenvalue weighted by molar-refractivity contribution is 0.304. The Morgan fingerprint density at radius 2 is 2.22 bits per heavy atom. The first kappa shape index (κ1) is 12.4. The molecule has 0 fully saturated rings. The molecule has 2 N–H and O–H groups in total. The Morgan fingerprint density at radius 1 is 1.39 bits per heavy atom. The Labute approximate surface area is 109 Å². The van der Waals surface area contributed by atoms with E-state index in [1.54, 1.807) is 18.5 Å². The average molecular weight is 262 g/mol. The molecule has 0 unspecified atom stereocenters. The molecule has 2 rings (SSSR count). The fourth-order valence-corrected chi connectivity index (χ4v) is 1.60. The molecule has 18 heavy (non-hydrogen) atoms. The van der Waals surface area contributed by atoms with Gasteiger partial charge in [-0.15, -0.1) is 0 Å². The predicted octanol–water partition coefficient (Wildman–Crippen LogP) is 2.43. The molecule has 2 aromatic rings. The summed E-state index contributed by atoms with van der Waals surface area (Å²) >= 11 is 4.72. The SMILES string of the molecule is NC(=S)c1ccc(OCc2cccnc2)cc1F. The second-order valence-corrected chi connectivity index (χ2v) is 4.10. The monoisotopic (exact) mass is 262 g/mol. The Morgan fingerprint density at radius 3 is 2.83 bits per heavy atom. The number of rotatable bonds is 4. The number of ether oxygens (including phenoxy) is 1. The molecule has 0 atom stereocenters. The lowest BCUT2D eigenvalue weighted by atomic mass is 10.2. The number of aromatic nitrogens is 1. The van der Waals surface area contributed by atoms with E-state index in [0.29, 0.717) is 12.4 Å². The molecule has 0 saturated heterocycles. The van der Waals surface area contributed by atoms with Crippen LogP contribution in [0.3, 0.4) is 0 Å². The molecule has 3 nitrogen and oxygen atoms in total. The van der Waals surface area contributed by atoms with Crippen LogP contribution in [0.1, 0.15) is 11.1 Å². The van der Waals surface area contributed by atoms with E-state index in [-0.39, 0.29) is 10.6 Å². The van der Waals surface area contributed by atoms with Crippen molar-refractivity contribution in [2.75, 3.05) is 0 Å². The molecule has 0 amide bonds. The molecule has 1 aromatic carbocycles. The van der Waals surface area contributed by atoms with Gasteiger partial charge in [-0.3, -0.25) is 4.98 Å². The Hall–Kier alpha value is -2.01. The minimum Gasteiger partial charge on any atom is -0.489 e. The fraction of sp³-hybridized carbons (Fsp3) is 0.0769. The minimum atomic E-state index is -0.480. The van der Waals surface area contributed by atoms with Gasteiger partial charge >= 0.3 is 0 Å². The van der Waals surface area contributed by atoms with Crippen LogP contribution in [0.4, 0.5) is 4.39 Å². The standard InChI is InChI=1S/C13H11FN2OS/c14-12-6-10(3-4-11(12)13(15)18)17-8-9-2-1-5-16-7-9/h1-7H,8H2,(H2,15,18). The average Bonchev–Trinajstić information content (AvgIpc) is 2.37. The zero-order valence-electron chi connectivity index (χ0n) is 9.47. The number of benzene rings is 1. The van der Waals surface area contributed by atoms with Crippen LogP contribution in [-0.4, -0.2) is 9.97 Å². The summed E-state index contributed by atoms with van der Waals surface area (Å²) in [4.78, 5) is 4.00. The van der Waals surface area contributed by atoms with Crippen molar-refractivity contribution in [3.63, 3.8) is 0 Å². The van der Waals surface area contributed by atoms with Crippen LogP contribution in [0.2, 0.25) is 0 Å². The van der Waals surface area contributed by atoms with E-state index in [2.05, 4.69) is 4.98 Å². The highest BCUT2D eigenvalue weighted by molar-refractivity contribution is 7.80. The maximum atomic E-state index is 13.6. The van der Waals surface area contributed by atoms with E-state index in [1.807, 2.05) is 12.1 Å². The van der Waals surface area contributed by atoms with Crippen LogP contribution in [-0.2, 0) is 6.61 Å². The number of pyridine rings is 1. The maximum absolute atomic E-state index is 13.6. The largest absolute Gasteiger partial charge is 0.489 e. The number of thiocarbonyl (C=S) groups is 1. The Bertz CT molecular complexity index is 560. The van der Waals surface area contributed by atoms with Crippen molar-refractivity contribution in [2.24, 2.45) is 5.73 Å². The van der Waals surface area contributed by atoms with Crippen molar-refractivity contribution in [3.05, 3.63) is 59.7 Å². The van der Waals surface area contributed by atoms with Crippen molar-refractivity contribution < 1.29 is 9.13 Å². The van der Waals surface area contributed by atoms with Gasteiger partial charge in [0.15, 0.2) is 0 Å². The number of nitrogens with zero attached hydrogens (tertiary/aromatic N) is 1. The van der Waals surface area contributed by atoms with E-state index in [4.69, 9.17) is 22.7 Å². The highest BCUT2D eigenvalue weighted by Crippen LogP contribution is 2.17. The van der Waals surface area contributed by atoms with Gasteiger partial charge in [0.25, 0.3) is 0 Å². The molecule has 1 heterocycles. The van der Waals surface area contributed by atoms with Gasteiger partial charge in [0.05, 0.1) is 0 Å². The van der Waals surface area contributed by atoms with Crippen LogP contribution >= 0.6 is 12.2 Å². The van der Waals surface area contributed by atoms with Crippen molar-refractivity contribution in [2.45, 2.75) is 6.61 Å². The number of hydrogen-bond acceptors (Lipinski definition) is 3. The molecule has 5 heteroatoms. The Kier molecular flexibility index (Phi) is 3.84. The summed E-state index contributed by atoms with van der Waals surface area (Å²) in [7, 11) is 0. The molecule has 0 saturated carbocycles.